The number of hydrogen-bond donors (Lipinski definition) is 1. The van der Waals surface area contributed by atoms with Crippen molar-refractivity contribution in [3.05, 3.63) is 66.3 Å². The van der Waals surface area contributed by atoms with E-state index >= 15 is 0 Å². The lowest BCUT2D eigenvalue weighted by atomic mass is 10.2. The van der Waals surface area contributed by atoms with Gasteiger partial charge in [0.1, 0.15) is 11.3 Å². The maximum Gasteiger partial charge on any atom is 0.318 e. The smallest absolute Gasteiger partial charge is 0.318 e. The molecule has 3 aromatic heterocycles. The van der Waals surface area contributed by atoms with Gasteiger partial charge in [-0.3, -0.25) is 4.40 Å². The lowest BCUT2D eigenvalue weighted by Crippen LogP contribution is -2.40. The Hall–Kier alpha value is -3.35. The van der Waals surface area contributed by atoms with Crippen LogP contribution in [-0.4, -0.2) is 32.6 Å². The molecule has 0 saturated heterocycles. The topological polar surface area (TPSA) is 75.7 Å². The Morgan fingerprint density at radius 3 is 2.74 bits per heavy atom. The standard InChI is InChI=1S/C20H21N5O2/c1-13(19-23-22-18-10-6-7-11-25(18)19)21-20(26)24(3)14(2)17-12-15-8-4-5-9-16(15)27-17/h4-14H,1-3H3,(H,21,26). The molecule has 2 amide bonds. The van der Waals surface area contributed by atoms with Crippen LogP contribution in [-0.2, 0) is 0 Å². The molecule has 4 rings (SSSR count). The van der Waals surface area contributed by atoms with Crippen molar-refractivity contribution in [3.8, 4) is 0 Å². The zero-order chi connectivity index (χ0) is 19.0. The molecule has 0 aliphatic carbocycles. The lowest BCUT2D eigenvalue weighted by Gasteiger charge is -2.25. The average molecular weight is 363 g/mol. The van der Waals surface area contributed by atoms with Crippen LogP contribution in [0.25, 0.3) is 16.6 Å². The van der Waals surface area contributed by atoms with Gasteiger partial charge in [-0.1, -0.05) is 24.3 Å². The number of carbonyl (C=O) groups is 1. The number of carbonyl (C=O) groups excluding carboxylic acids is 1. The molecule has 0 saturated carbocycles. The number of benzene rings is 1. The molecular weight excluding hydrogens is 342 g/mol. The molecule has 0 radical (unpaired) electrons. The van der Waals surface area contributed by atoms with E-state index in [0.29, 0.717) is 5.82 Å². The molecule has 7 heteroatoms. The molecule has 7 nitrogen and oxygen atoms in total. The maximum absolute atomic E-state index is 12.7. The first kappa shape index (κ1) is 17.1. The number of fused-ring (bicyclic) bond motifs is 2. The van der Waals surface area contributed by atoms with Crippen LogP contribution in [0.4, 0.5) is 4.79 Å². The molecule has 0 spiro atoms. The average Bonchev–Trinajstić information content (AvgIpc) is 3.30. The van der Waals surface area contributed by atoms with Crippen molar-refractivity contribution >= 4 is 22.6 Å². The summed E-state index contributed by atoms with van der Waals surface area (Å²) in [7, 11) is 1.75. The largest absolute Gasteiger partial charge is 0.459 e. The Balaban J connectivity index is 1.49. The van der Waals surface area contributed by atoms with Crippen molar-refractivity contribution < 1.29 is 9.21 Å². The predicted octanol–water partition coefficient (Wildman–Crippen LogP) is 3.94. The van der Waals surface area contributed by atoms with Crippen molar-refractivity contribution in [2.45, 2.75) is 25.9 Å². The van der Waals surface area contributed by atoms with Crippen LogP contribution in [0.3, 0.4) is 0 Å². The summed E-state index contributed by atoms with van der Waals surface area (Å²) in [5.74, 6) is 1.43. The minimum Gasteiger partial charge on any atom is -0.459 e. The van der Waals surface area contributed by atoms with E-state index < -0.39 is 0 Å². The van der Waals surface area contributed by atoms with Gasteiger partial charge in [-0.15, -0.1) is 10.2 Å². The summed E-state index contributed by atoms with van der Waals surface area (Å²) in [6.07, 6.45) is 1.88. The van der Waals surface area contributed by atoms with Crippen molar-refractivity contribution in [1.29, 1.82) is 0 Å². The predicted molar refractivity (Wildman–Crippen MR) is 102 cm³/mol. The summed E-state index contributed by atoms with van der Waals surface area (Å²) < 4.78 is 7.76. The van der Waals surface area contributed by atoms with Gasteiger partial charge in [0.15, 0.2) is 11.5 Å². The van der Waals surface area contributed by atoms with Crippen LogP contribution >= 0.6 is 0 Å². The van der Waals surface area contributed by atoms with Gasteiger partial charge in [-0.25, -0.2) is 4.79 Å². The number of amides is 2. The normalized spacial score (nSPS) is 13.6. The zero-order valence-corrected chi connectivity index (χ0v) is 15.5. The number of furan rings is 1. The summed E-state index contributed by atoms with van der Waals surface area (Å²) in [6, 6.07) is 14.8. The first-order valence-electron chi connectivity index (χ1n) is 8.86. The molecule has 0 fully saturated rings. The number of nitrogens with one attached hydrogen (secondary N) is 1. The van der Waals surface area contributed by atoms with E-state index in [-0.39, 0.29) is 18.1 Å². The Labute approximate surface area is 156 Å². The van der Waals surface area contributed by atoms with E-state index in [1.807, 2.05) is 73.0 Å². The highest BCUT2D eigenvalue weighted by molar-refractivity contribution is 5.78. The minimum atomic E-state index is -0.291. The second-order valence-electron chi connectivity index (χ2n) is 6.63. The third-order valence-electron chi connectivity index (χ3n) is 4.83. The number of para-hydroxylation sites is 1. The van der Waals surface area contributed by atoms with Crippen LogP contribution < -0.4 is 5.32 Å². The van der Waals surface area contributed by atoms with E-state index in [4.69, 9.17) is 4.42 Å². The summed E-state index contributed by atoms with van der Waals surface area (Å²) in [6.45, 7) is 3.83. The number of aromatic nitrogens is 3. The molecule has 4 aromatic rings. The second-order valence-corrected chi connectivity index (χ2v) is 6.63. The second kappa shape index (κ2) is 6.75. The highest BCUT2D eigenvalue weighted by Crippen LogP contribution is 2.27. The molecule has 2 atom stereocenters. The molecule has 1 N–H and O–H groups in total. The molecule has 0 aliphatic heterocycles. The molecule has 2 unspecified atom stereocenters. The van der Waals surface area contributed by atoms with Crippen molar-refractivity contribution in [1.82, 2.24) is 24.8 Å². The molecule has 0 aliphatic rings. The number of urea groups is 1. The summed E-state index contributed by atoms with van der Waals surface area (Å²) >= 11 is 0. The Morgan fingerprint density at radius 2 is 1.93 bits per heavy atom. The lowest BCUT2D eigenvalue weighted by molar-refractivity contribution is 0.184. The SMILES string of the molecule is CC(NC(=O)N(C)C(C)c1cc2ccccc2o1)c1nnc2ccccn12. The first-order chi connectivity index (χ1) is 13.0. The summed E-state index contributed by atoms with van der Waals surface area (Å²) in [5.41, 5.74) is 1.56. The maximum atomic E-state index is 12.7. The van der Waals surface area contributed by atoms with E-state index in [9.17, 15) is 4.79 Å². The molecule has 0 bridgehead atoms. The van der Waals surface area contributed by atoms with Gasteiger partial charge < -0.3 is 14.6 Å². The van der Waals surface area contributed by atoms with Crippen molar-refractivity contribution in [3.63, 3.8) is 0 Å². The van der Waals surface area contributed by atoms with Crippen LogP contribution in [0.2, 0.25) is 0 Å². The molecule has 1 aromatic carbocycles. The summed E-state index contributed by atoms with van der Waals surface area (Å²) in [4.78, 5) is 14.4. The van der Waals surface area contributed by atoms with Gasteiger partial charge in [-0.05, 0) is 38.1 Å². The monoisotopic (exact) mass is 363 g/mol. The number of nitrogens with zero attached hydrogens (tertiary/aromatic N) is 4. The van der Waals surface area contributed by atoms with Crippen LogP contribution in [0.1, 0.15) is 37.5 Å². The van der Waals surface area contributed by atoms with Crippen LogP contribution in [0.15, 0.2) is 59.1 Å². The van der Waals surface area contributed by atoms with Crippen LogP contribution in [0.5, 0.6) is 0 Å². The Kier molecular flexibility index (Phi) is 4.27. The van der Waals surface area contributed by atoms with Crippen LogP contribution in [0, 0.1) is 0 Å². The highest BCUT2D eigenvalue weighted by Gasteiger charge is 2.23. The first-order valence-corrected chi connectivity index (χ1v) is 8.86. The fourth-order valence-corrected chi connectivity index (χ4v) is 3.08. The number of pyridine rings is 1. The van der Waals surface area contributed by atoms with Crippen molar-refractivity contribution in [2.24, 2.45) is 0 Å². The number of rotatable bonds is 4. The molecule has 138 valence electrons. The van der Waals surface area contributed by atoms with Crippen molar-refractivity contribution in [2.75, 3.05) is 7.05 Å². The van der Waals surface area contributed by atoms with E-state index in [1.54, 1.807) is 11.9 Å². The Bertz CT molecular complexity index is 1070. The minimum absolute atomic E-state index is 0.205. The molecule has 27 heavy (non-hydrogen) atoms. The quantitative estimate of drug-likeness (QED) is 0.596. The van der Waals surface area contributed by atoms with Gasteiger partial charge in [0.25, 0.3) is 0 Å². The highest BCUT2D eigenvalue weighted by atomic mass is 16.3. The van der Waals surface area contributed by atoms with Gasteiger partial charge in [0, 0.05) is 18.6 Å². The third-order valence-corrected chi connectivity index (χ3v) is 4.83. The Morgan fingerprint density at radius 1 is 1.15 bits per heavy atom. The fraction of sp³-hybridized carbons (Fsp3) is 0.250. The van der Waals surface area contributed by atoms with E-state index in [2.05, 4.69) is 15.5 Å². The van der Waals surface area contributed by atoms with Gasteiger partial charge in [0.2, 0.25) is 0 Å². The molecular formula is C20H21N5O2. The number of hydrogen-bond acceptors (Lipinski definition) is 4. The zero-order valence-electron chi connectivity index (χ0n) is 15.5. The summed E-state index contributed by atoms with van der Waals surface area (Å²) in [5, 5.41) is 12.3. The molecule has 3 heterocycles. The van der Waals surface area contributed by atoms with E-state index in [0.717, 1.165) is 22.4 Å². The fourth-order valence-electron chi connectivity index (χ4n) is 3.08. The van der Waals surface area contributed by atoms with E-state index in [1.165, 1.54) is 0 Å². The van der Waals surface area contributed by atoms with Gasteiger partial charge >= 0.3 is 6.03 Å². The third kappa shape index (κ3) is 3.12. The van der Waals surface area contributed by atoms with Gasteiger partial charge in [0.05, 0.1) is 12.1 Å². The van der Waals surface area contributed by atoms with Gasteiger partial charge in [-0.2, -0.15) is 0 Å².